The van der Waals surface area contributed by atoms with E-state index in [-0.39, 0.29) is 18.1 Å². The zero-order chi connectivity index (χ0) is 13.9. The number of hydrogen-bond acceptors (Lipinski definition) is 3. The van der Waals surface area contributed by atoms with Gasteiger partial charge in [-0.25, -0.2) is 0 Å². The van der Waals surface area contributed by atoms with Gasteiger partial charge in [0.1, 0.15) is 0 Å². The van der Waals surface area contributed by atoms with Gasteiger partial charge >= 0.3 is 0 Å². The Balaban J connectivity index is 2.99. The first-order valence-electron chi connectivity index (χ1n) is 6.58. The van der Waals surface area contributed by atoms with Crippen LogP contribution in [0.2, 0.25) is 0 Å². The van der Waals surface area contributed by atoms with Crippen molar-refractivity contribution in [3.63, 3.8) is 0 Å². The average molecular weight is 252 g/mol. The molecule has 0 spiro atoms. The van der Waals surface area contributed by atoms with Gasteiger partial charge in [0, 0.05) is 6.42 Å². The van der Waals surface area contributed by atoms with Gasteiger partial charge in [-0.05, 0) is 42.7 Å². The smallest absolute Gasteiger partial charge is 0.161 e. The van der Waals surface area contributed by atoms with Crippen LogP contribution in [0.3, 0.4) is 0 Å². The van der Waals surface area contributed by atoms with Crippen molar-refractivity contribution in [2.45, 2.75) is 52.2 Å². The number of Topliss-reactive ketones (excluding diaryl/α,β-unsaturated/α-hetero) is 1. The maximum absolute atomic E-state index is 11.8. The molecule has 0 saturated heterocycles. The highest BCUT2D eigenvalue weighted by Crippen LogP contribution is 2.27. The predicted molar refractivity (Wildman–Crippen MR) is 72.1 cm³/mol. The molecule has 3 nitrogen and oxygen atoms in total. The lowest BCUT2D eigenvalue weighted by Crippen LogP contribution is -2.27. The zero-order valence-corrected chi connectivity index (χ0v) is 11.5. The van der Waals surface area contributed by atoms with E-state index in [0.717, 1.165) is 6.42 Å². The topological polar surface area (TPSA) is 57.5 Å². The van der Waals surface area contributed by atoms with Crippen molar-refractivity contribution in [2.24, 2.45) is 11.8 Å². The second kappa shape index (κ2) is 6.30. The Bertz CT molecular complexity index is 355. The van der Waals surface area contributed by atoms with Crippen LogP contribution in [-0.4, -0.2) is 28.2 Å². The van der Waals surface area contributed by atoms with Crippen molar-refractivity contribution >= 4 is 5.78 Å². The van der Waals surface area contributed by atoms with Gasteiger partial charge in [0.25, 0.3) is 0 Å². The number of carbonyl (C=O) groups is 1. The van der Waals surface area contributed by atoms with E-state index in [1.165, 1.54) is 0 Å². The lowest BCUT2D eigenvalue weighted by molar-refractivity contribution is -0.117. The minimum atomic E-state index is -0.810. The SMILES string of the molecule is C=C1CC[C@@H](C(C)C)[C@@H](O)/C=C(\C)[C@H](O)CC1=O. The molecule has 0 radical (unpaired) electrons. The van der Waals surface area contributed by atoms with Crippen molar-refractivity contribution in [2.75, 3.05) is 0 Å². The summed E-state index contributed by atoms with van der Waals surface area (Å²) in [6, 6.07) is 0. The van der Waals surface area contributed by atoms with Crippen LogP contribution in [0.15, 0.2) is 23.8 Å². The fourth-order valence-electron chi connectivity index (χ4n) is 2.36. The Morgan fingerprint density at radius 2 is 2.00 bits per heavy atom. The molecule has 0 amide bonds. The first kappa shape index (κ1) is 15.1. The third-order valence-electron chi connectivity index (χ3n) is 3.81. The van der Waals surface area contributed by atoms with Crippen LogP contribution in [-0.2, 0) is 4.79 Å². The van der Waals surface area contributed by atoms with Gasteiger partial charge in [-0.15, -0.1) is 0 Å². The van der Waals surface area contributed by atoms with E-state index in [4.69, 9.17) is 0 Å². The molecule has 0 aliphatic heterocycles. The van der Waals surface area contributed by atoms with Crippen LogP contribution in [0.5, 0.6) is 0 Å². The summed E-state index contributed by atoms with van der Waals surface area (Å²) < 4.78 is 0. The number of hydrogen-bond donors (Lipinski definition) is 2. The van der Waals surface area contributed by atoms with Crippen LogP contribution in [0.25, 0.3) is 0 Å². The Morgan fingerprint density at radius 1 is 1.39 bits per heavy atom. The van der Waals surface area contributed by atoms with E-state index in [1.54, 1.807) is 13.0 Å². The van der Waals surface area contributed by atoms with Gasteiger partial charge in [0.15, 0.2) is 5.78 Å². The minimum Gasteiger partial charge on any atom is -0.389 e. The number of rotatable bonds is 1. The van der Waals surface area contributed by atoms with Crippen molar-refractivity contribution in [1.29, 1.82) is 0 Å². The van der Waals surface area contributed by atoms with E-state index < -0.39 is 12.2 Å². The van der Waals surface area contributed by atoms with Gasteiger partial charge in [-0.2, -0.15) is 0 Å². The highest BCUT2D eigenvalue weighted by molar-refractivity contribution is 5.95. The molecular formula is C15H24O3. The summed E-state index contributed by atoms with van der Waals surface area (Å²) in [5, 5.41) is 20.1. The molecule has 0 unspecified atom stereocenters. The third-order valence-corrected chi connectivity index (χ3v) is 3.81. The molecule has 0 saturated carbocycles. The van der Waals surface area contributed by atoms with E-state index >= 15 is 0 Å². The molecule has 18 heavy (non-hydrogen) atoms. The minimum absolute atomic E-state index is 0.0697. The highest BCUT2D eigenvalue weighted by Gasteiger charge is 2.25. The molecule has 0 aromatic heterocycles. The quantitative estimate of drug-likeness (QED) is 0.556. The largest absolute Gasteiger partial charge is 0.389 e. The van der Waals surface area contributed by atoms with E-state index in [2.05, 4.69) is 20.4 Å². The number of aliphatic hydroxyl groups excluding tert-OH is 2. The molecule has 2 N–H and O–H groups in total. The van der Waals surface area contributed by atoms with Crippen LogP contribution in [0.1, 0.15) is 40.0 Å². The first-order chi connectivity index (χ1) is 8.32. The monoisotopic (exact) mass is 252 g/mol. The number of aliphatic hydroxyl groups is 2. The third kappa shape index (κ3) is 3.79. The molecule has 3 atom stereocenters. The average Bonchev–Trinajstić information content (AvgIpc) is 2.26. The summed E-state index contributed by atoms with van der Waals surface area (Å²) >= 11 is 0. The summed E-state index contributed by atoms with van der Waals surface area (Å²) in [5.74, 6) is 0.340. The molecule has 0 heterocycles. The number of ketones is 1. The van der Waals surface area contributed by atoms with Crippen molar-refractivity contribution in [3.05, 3.63) is 23.8 Å². The number of allylic oxidation sites excluding steroid dienone is 1. The standard InChI is InChI=1S/C15H24O3/c1-9(2)12-6-5-10(3)13(16)8-14(17)11(4)7-15(12)18/h7,9,12,14-15,17-18H,3,5-6,8H2,1-2,4H3/b11-7+/t12-,14+,15-/m0/s1. The molecule has 0 aromatic rings. The van der Waals surface area contributed by atoms with E-state index in [0.29, 0.717) is 23.5 Å². The van der Waals surface area contributed by atoms with E-state index in [9.17, 15) is 15.0 Å². The summed E-state index contributed by atoms with van der Waals surface area (Å²) in [4.78, 5) is 11.8. The zero-order valence-electron chi connectivity index (χ0n) is 11.5. The Hall–Kier alpha value is -0.930. The lowest BCUT2D eigenvalue weighted by atomic mass is 9.82. The second-order valence-corrected chi connectivity index (χ2v) is 5.59. The molecule has 0 bridgehead atoms. The summed E-state index contributed by atoms with van der Waals surface area (Å²) in [6.45, 7) is 9.66. The molecule has 0 fully saturated rings. The lowest BCUT2D eigenvalue weighted by Gasteiger charge is -2.27. The number of carbonyl (C=O) groups excluding carboxylic acids is 1. The Kier molecular flexibility index (Phi) is 5.29. The van der Waals surface area contributed by atoms with Crippen LogP contribution in [0.4, 0.5) is 0 Å². The fraction of sp³-hybridized carbons (Fsp3) is 0.667. The highest BCUT2D eigenvalue weighted by atomic mass is 16.3. The normalized spacial score (nSPS) is 34.3. The van der Waals surface area contributed by atoms with Crippen molar-refractivity contribution < 1.29 is 15.0 Å². The Morgan fingerprint density at radius 3 is 2.56 bits per heavy atom. The first-order valence-corrected chi connectivity index (χ1v) is 6.58. The molecular weight excluding hydrogens is 228 g/mol. The maximum atomic E-state index is 11.8. The predicted octanol–water partition coefficient (Wildman–Crippen LogP) is 2.24. The summed E-state index contributed by atoms with van der Waals surface area (Å²) in [5.41, 5.74) is 1.22. The molecule has 1 rings (SSSR count). The van der Waals surface area contributed by atoms with Crippen LogP contribution in [0, 0.1) is 11.8 Å². The summed E-state index contributed by atoms with van der Waals surface area (Å²) in [6.07, 6.45) is 1.73. The molecule has 0 aromatic carbocycles. The van der Waals surface area contributed by atoms with Gasteiger partial charge in [0.2, 0.25) is 0 Å². The fourth-order valence-corrected chi connectivity index (χ4v) is 2.36. The molecule has 3 heteroatoms. The Labute approximate surface area is 109 Å². The van der Waals surface area contributed by atoms with Crippen LogP contribution >= 0.6 is 0 Å². The van der Waals surface area contributed by atoms with Crippen LogP contribution < -0.4 is 0 Å². The summed E-state index contributed by atoms with van der Waals surface area (Å²) in [7, 11) is 0. The van der Waals surface area contributed by atoms with Crippen molar-refractivity contribution in [3.8, 4) is 0 Å². The van der Waals surface area contributed by atoms with Gasteiger partial charge in [-0.1, -0.05) is 26.5 Å². The maximum Gasteiger partial charge on any atom is 0.161 e. The molecule has 1 aliphatic rings. The van der Waals surface area contributed by atoms with Crippen molar-refractivity contribution in [1.82, 2.24) is 0 Å². The van der Waals surface area contributed by atoms with Gasteiger partial charge in [0.05, 0.1) is 12.2 Å². The van der Waals surface area contributed by atoms with Gasteiger partial charge in [-0.3, -0.25) is 4.79 Å². The second-order valence-electron chi connectivity index (χ2n) is 5.59. The van der Waals surface area contributed by atoms with Gasteiger partial charge < -0.3 is 10.2 Å². The molecule has 102 valence electrons. The van der Waals surface area contributed by atoms with E-state index in [1.807, 2.05) is 0 Å². The molecule has 1 aliphatic carbocycles.